The van der Waals surface area contributed by atoms with Crippen LogP contribution in [-0.2, 0) is 22.7 Å². The summed E-state index contributed by atoms with van der Waals surface area (Å²) in [7, 11) is 2.34. The van der Waals surface area contributed by atoms with Gasteiger partial charge in [-0.15, -0.1) is 0 Å². The fourth-order valence-corrected chi connectivity index (χ4v) is 10.1. The van der Waals surface area contributed by atoms with Crippen LogP contribution in [0.3, 0.4) is 0 Å². The zero-order valence-electron chi connectivity index (χ0n) is 36.1. The summed E-state index contributed by atoms with van der Waals surface area (Å²) >= 11 is 0. The van der Waals surface area contributed by atoms with Crippen LogP contribution in [0.25, 0.3) is 60.7 Å². The van der Waals surface area contributed by atoms with Crippen LogP contribution >= 0.6 is 0 Å². The summed E-state index contributed by atoms with van der Waals surface area (Å²) < 4.78 is 9.60. The van der Waals surface area contributed by atoms with Crippen LogP contribution < -0.4 is 16.4 Å². The van der Waals surface area contributed by atoms with E-state index in [1.165, 1.54) is 104 Å². The van der Waals surface area contributed by atoms with Crippen molar-refractivity contribution in [2.75, 3.05) is 5.32 Å². The van der Waals surface area contributed by atoms with Gasteiger partial charge in [0.1, 0.15) is 5.58 Å². The Morgan fingerprint density at radius 2 is 1.41 bits per heavy atom. The quantitative estimate of drug-likeness (QED) is 0.123. The summed E-state index contributed by atoms with van der Waals surface area (Å²) in [6.45, 7) is 18.8. The Hall–Kier alpha value is -5.48. The van der Waals surface area contributed by atoms with Gasteiger partial charge in [-0.1, -0.05) is 141 Å². The van der Waals surface area contributed by atoms with Crippen LogP contribution in [-0.4, -0.2) is 11.8 Å². The summed E-state index contributed by atoms with van der Waals surface area (Å²) in [5, 5.41) is 7.58. The third kappa shape index (κ3) is 6.25. The van der Waals surface area contributed by atoms with E-state index in [-0.39, 0.29) is 16.2 Å². The molecule has 10 rings (SSSR count). The highest BCUT2D eigenvalue weighted by Gasteiger charge is 2.39. The minimum atomic E-state index is 0.0642. The molecule has 1 aliphatic heterocycles. The normalized spacial score (nSPS) is 15.3. The van der Waals surface area contributed by atoms with E-state index in [0.29, 0.717) is 0 Å². The topological polar surface area (TPSA) is 30.1 Å². The molecule has 59 heavy (non-hydrogen) atoms. The SMILES string of the molecule is CCCCCc1ccc(Nc2ccccc2-c2cc(-c3ccc(C(C)(C)C)cc3)c3c4ccccc4n4c3c2[B]c2oc3cc5c(cc3c2-4)C(C)(C)CCC5(C)C)cc1. The molecule has 2 aromatic heterocycles. The molecule has 0 spiro atoms. The standard InChI is InChI=1S/C55H56BN2O/c1-9-10-11-16-34-21-27-37(28-22-34)57-45-19-14-12-17-38(45)41-31-40(35-23-25-36(26-24-35)53(2,3)4)48-39-18-13-15-20-46(39)58-50-42-32-43-44(55(7,8)30-29-54(43,5)6)33-47(42)59-52(50)56-49(41)51(48)58/h12-15,17-28,31-33,57H,9-11,16,29-30H2,1-8H3. The number of aromatic nitrogens is 1. The highest BCUT2D eigenvalue weighted by atomic mass is 16.3. The van der Waals surface area contributed by atoms with Gasteiger partial charge in [0.15, 0.2) is 0 Å². The minimum absolute atomic E-state index is 0.0642. The van der Waals surface area contributed by atoms with Gasteiger partial charge in [-0.25, -0.2) is 0 Å². The molecular weight excluding hydrogens is 715 g/mol. The molecule has 0 unspecified atom stereocenters. The lowest BCUT2D eigenvalue weighted by molar-refractivity contribution is 0.332. The Balaban J connectivity index is 1.23. The Bertz CT molecular complexity index is 2910. The minimum Gasteiger partial charge on any atom is -0.469 e. The highest BCUT2D eigenvalue weighted by molar-refractivity contribution is 6.73. The zero-order valence-corrected chi connectivity index (χ0v) is 36.1. The van der Waals surface area contributed by atoms with E-state index in [0.717, 1.165) is 40.3 Å². The van der Waals surface area contributed by atoms with Gasteiger partial charge in [-0.2, -0.15) is 0 Å². The molecular formula is C55H56BN2O. The van der Waals surface area contributed by atoms with Crippen molar-refractivity contribution in [1.29, 1.82) is 0 Å². The number of anilines is 2. The Morgan fingerprint density at radius 3 is 2.14 bits per heavy atom. The van der Waals surface area contributed by atoms with Crippen molar-refractivity contribution in [3.8, 4) is 27.9 Å². The molecule has 1 radical (unpaired) electrons. The lowest BCUT2D eigenvalue weighted by atomic mass is 9.61. The molecule has 4 heteroatoms. The predicted molar refractivity (Wildman–Crippen MR) is 253 cm³/mol. The molecule has 1 N–H and O–H groups in total. The van der Waals surface area contributed by atoms with Crippen LogP contribution in [0.5, 0.6) is 0 Å². The van der Waals surface area contributed by atoms with Crippen molar-refractivity contribution < 1.29 is 4.42 Å². The first-order valence-corrected chi connectivity index (χ1v) is 22.0. The molecule has 0 atom stereocenters. The molecule has 8 aromatic rings. The first-order valence-electron chi connectivity index (χ1n) is 22.0. The smallest absolute Gasteiger partial charge is 0.247 e. The van der Waals surface area contributed by atoms with E-state index >= 15 is 0 Å². The Labute approximate surface area is 351 Å². The number of fused-ring (bicyclic) bond motifs is 8. The van der Waals surface area contributed by atoms with Gasteiger partial charge in [0.2, 0.25) is 7.28 Å². The van der Waals surface area contributed by atoms with Gasteiger partial charge in [-0.05, 0) is 129 Å². The summed E-state index contributed by atoms with van der Waals surface area (Å²) in [6.07, 6.45) is 7.20. The maximum atomic E-state index is 7.06. The zero-order chi connectivity index (χ0) is 40.8. The summed E-state index contributed by atoms with van der Waals surface area (Å²) in [5.74, 6) is 0. The highest BCUT2D eigenvalue weighted by Crippen LogP contribution is 2.49. The van der Waals surface area contributed by atoms with Gasteiger partial charge in [-0.3, -0.25) is 0 Å². The fourth-order valence-electron chi connectivity index (χ4n) is 10.1. The van der Waals surface area contributed by atoms with Gasteiger partial charge in [0, 0.05) is 38.6 Å². The second kappa shape index (κ2) is 13.8. The molecule has 0 bridgehead atoms. The molecule has 0 fully saturated rings. The first-order chi connectivity index (χ1) is 28.3. The van der Waals surface area contributed by atoms with Gasteiger partial charge < -0.3 is 14.3 Å². The van der Waals surface area contributed by atoms with Gasteiger partial charge >= 0.3 is 0 Å². The Morgan fingerprint density at radius 1 is 0.712 bits per heavy atom. The van der Waals surface area contributed by atoms with Crippen molar-refractivity contribution in [2.45, 2.75) is 110 Å². The second-order valence-electron chi connectivity index (χ2n) is 19.7. The third-order valence-corrected chi connectivity index (χ3v) is 13.7. The molecule has 1 aliphatic carbocycles. The number of aryl methyl sites for hydroxylation is 1. The number of hydrogen-bond donors (Lipinski definition) is 1. The van der Waals surface area contributed by atoms with Crippen LogP contribution in [0.2, 0.25) is 0 Å². The monoisotopic (exact) mass is 771 g/mol. The van der Waals surface area contributed by atoms with E-state index in [4.69, 9.17) is 4.42 Å². The van der Waals surface area contributed by atoms with Crippen LogP contribution in [0.1, 0.15) is 110 Å². The first kappa shape index (κ1) is 37.8. The van der Waals surface area contributed by atoms with E-state index in [1.807, 2.05) is 0 Å². The number of furan rings is 1. The van der Waals surface area contributed by atoms with Crippen molar-refractivity contribution in [2.24, 2.45) is 0 Å². The predicted octanol–water partition coefficient (Wildman–Crippen LogP) is 14.0. The molecule has 0 saturated carbocycles. The molecule has 295 valence electrons. The van der Waals surface area contributed by atoms with Crippen molar-refractivity contribution in [3.05, 3.63) is 138 Å². The van der Waals surface area contributed by atoms with E-state index < -0.39 is 0 Å². The maximum absolute atomic E-state index is 7.06. The summed E-state index contributed by atoms with van der Waals surface area (Å²) in [6, 6.07) is 43.5. The fraction of sp³-hybridized carbons (Fsp3) is 0.309. The maximum Gasteiger partial charge on any atom is 0.247 e. The van der Waals surface area contributed by atoms with Crippen LogP contribution in [0.15, 0.2) is 120 Å². The number of unbranched alkanes of at least 4 members (excludes halogenated alkanes) is 2. The molecule has 2 aliphatic rings. The van der Waals surface area contributed by atoms with E-state index in [9.17, 15) is 0 Å². The Kier molecular flexibility index (Phi) is 8.83. The average Bonchev–Trinajstić information content (AvgIpc) is 3.76. The van der Waals surface area contributed by atoms with Crippen LogP contribution in [0.4, 0.5) is 11.4 Å². The van der Waals surface area contributed by atoms with Crippen molar-refractivity contribution in [1.82, 2.24) is 4.57 Å². The summed E-state index contributed by atoms with van der Waals surface area (Å²) in [5.41, 5.74) is 19.5. The number of nitrogens with one attached hydrogen (secondary N) is 1. The average molecular weight is 772 g/mol. The van der Waals surface area contributed by atoms with Gasteiger partial charge in [0.05, 0.1) is 16.9 Å². The number of benzene rings is 6. The van der Waals surface area contributed by atoms with E-state index in [1.54, 1.807) is 0 Å². The molecule has 0 saturated heterocycles. The summed E-state index contributed by atoms with van der Waals surface area (Å²) in [4.78, 5) is 0. The number of hydrogen-bond acceptors (Lipinski definition) is 2. The molecule has 3 heterocycles. The lowest BCUT2D eigenvalue weighted by Crippen LogP contribution is -2.36. The van der Waals surface area contributed by atoms with Crippen molar-refractivity contribution >= 4 is 62.6 Å². The molecule has 0 amide bonds. The number of rotatable bonds is 8. The number of para-hydroxylation sites is 2. The molecule has 3 nitrogen and oxygen atoms in total. The molecule has 6 aromatic carbocycles. The lowest BCUT2D eigenvalue weighted by Gasteiger charge is -2.41. The second-order valence-corrected chi connectivity index (χ2v) is 19.7. The third-order valence-electron chi connectivity index (χ3n) is 13.7. The van der Waals surface area contributed by atoms with Gasteiger partial charge in [0.25, 0.3) is 0 Å². The number of nitrogens with zero attached hydrogens (tertiary/aromatic N) is 1. The van der Waals surface area contributed by atoms with E-state index in [2.05, 4.69) is 188 Å². The van der Waals surface area contributed by atoms with Crippen molar-refractivity contribution in [3.63, 3.8) is 0 Å². The largest absolute Gasteiger partial charge is 0.469 e. The van der Waals surface area contributed by atoms with Crippen LogP contribution in [0, 0.1) is 0 Å².